The van der Waals surface area contributed by atoms with E-state index in [-0.39, 0.29) is 48.9 Å². The Labute approximate surface area is 273 Å². The monoisotopic (exact) mass is 685 g/mol. The van der Waals surface area contributed by atoms with Crippen molar-refractivity contribution in [2.75, 3.05) is 26.3 Å². The third-order valence-corrected chi connectivity index (χ3v) is 10.6. The molecule has 244 valence electrons. The van der Waals surface area contributed by atoms with Crippen LogP contribution in [0.4, 0.5) is 0 Å². The van der Waals surface area contributed by atoms with Gasteiger partial charge in [0.2, 0.25) is 17.7 Å². The molecule has 1 aromatic rings. The van der Waals surface area contributed by atoms with Crippen LogP contribution in [-0.4, -0.2) is 93.5 Å². The van der Waals surface area contributed by atoms with Gasteiger partial charge in [-0.05, 0) is 31.2 Å². The van der Waals surface area contributed by atoms with Crippen LogP contribution in [0.2, 0.25) is 0 Å². The molecule has 2 bridgehead atoms. The number of nitrogens with zero attached hydrogens (tertiary/aromatic N) is 2. The highest BCUT2D eigenvalue weighted by Gasteiger charge is 2.76. The Bertz CT molecular complexity index is 1270. The summed E-state index contributed by atoms with van der Waals surface area (Å²) in [5.74, 6) is -3.19. The van der Waals surface area contributed by atoms with E-state index in [1.165, 1.54) is 4.90 Å². The molecule has 45 heavy (non-hydrogen) atoms. The Morgan fingerprint density at radius 1 is 1.18 bits per heavy atom. The molecule has 1 spiro atoms. The van der Waals surface area contributed by atoms with E-state index in [1.807, 2.05) is 35.2 Å². The molecule has 2 N–H and O–H groups in total. The largest absolute Gasteiger partial charge is 0.463 e. The number of aliphatic hydroxyl groups is 1. The average Bonchev–Trinajstić information content (AvgIpc) is 3.64. The first-order chi connectivity index (χ1) is 21.8. The highest BCUT2D eigenvalue weighted by Crippen LogP contribution is 2.60. The number of fused-ring (bicyclic) bond motifs is 1. The fraction of sp³-hybridized carbons (Fsp3) is 0.588. The van der Waals surface area contributed by atoms with Gasteiger partial charge in [0, 0.05) is 30.4 Å². The number of carbonyl (C=O) groups is 4. The molecule has 5 rings (SSSR count). The van der Waals surface area contributed by atoms with Crippen LogP contribution in [0.5, 0.6) is 0 Å². The fourth-order valence-electron chi connectivity index (χ4n) is 7.81. The molecule has 3 amide bonds. The molecule has 4 aliphatic rings. The lowest BCUT2D eigenvalue weighted by atomic mass is 9.70. The predicted molar refractivity (Wildman–Crippen MR) is 171 cm³/mol. The molecule has 4 fully saturated rings. The number of rotatable bonds is 14. The van der Waals surface area contributed by atoms with Gasteiger partial charge in [-0.25, -0.2) is 0 Å². The second-order valence-corrected chi connectivity index (χ2v) is 13.6. The van der Waals surface area contributed by atoms with E-state index in [0.717, 1.165) is 37.7 Å². The summed E-state index contributed by atoms with van der Waals surface area (Å²) in [5, 5.41) is 13.0. The van der Waals surface area contributed by atoms with Gasteiger partial charge in [0.05, 0.1) is 30.6 Å². The minimum absolute atomic E-state index is 0.0315. The molecule has 3 aliphatic heterocycles. The summed E-state index contributed by atoms with van der Waals surface area (Å²) in [5.41, 5.74) is -0.477. The maximum absolute atomic E-state index is 14.5. The van der Waals surface area contributed by atoms with E-state index in [9.17, 15) is 24.3 Å². The number of allylic oxidation sites excluding steroid dienone is 1. The van der Waals surface area contributed by atoms with Gasteiger partial charge in [-0.3, -0.25) is 19.2 Å². The number of benzene rings is 1. The third-order valence-electron chi connectivity index (χ3n) is 9.77. The average molecular weight is 687 g/mol. The van der Waals surface area contributed by atoms with Crippen LogP contribution in [-0.2, 0) is 28.7 Å². The lowest BCUT2D eigenvalue weighted by Gasteiger charge is -2.40. The topological polar surface area (TPSA) is 125 Å². The van der Waals surface area contributed by atoms with Gasteiger partial charge >= 0.3 is 5.97 Å². The number of carbonyl (C=O) groups excluding carboxylic acids is 4. The normalized spacial score (nSPS) is 29.6. The molecule has 1 aliphatic carbocycles. The van der Waals surface area contributed by atoms with Crippen molar-refractivity contribution in [2.45, 2.75) is 86.0 Å². The van der Waals surface area contributed by atoms with Crippen molar-refractivity contribution in [2.24, 2.45) is 11.8 Å². The van der Waals surface area contributed by atoms with Crippen molar-refractivity contribution in [1.29, 1.82) is 0 Å². The van der Waals surface area contributed by atoms with Crippen LogP contribution in [0.3, 0.4) is 0 Å². The molecule has 10 nitrogen and oxygen atoms in total. The zero-order valence-corrected chi connectivity index (χ0v) is 27.2. The number of β-amino-alcohol motifs (C(OH)–C–C–N with tert-alkyl or cyclic N) is 1. The zero-order chi connectivity index (χ0) is 32.1. The van der Waals surface area contributed by atoms with Gasteiger partial charge in [0.15, 0.2) is 0 Å². The van der Waals surface area contributed by atoms with E-state index in [4.69, 9.17) is 9.47 Å². The first-order valence-corrected chi connectivity index (χ1v) is 16.9. The van der Waals surface area contributed by atoms with Crippen LogP contribution in [0.25, 0.3) is 0 Å². The third kappa shape index (κ3) is 6.49. The summed E-state index contributed by atoms with van der Waals surface area (Å²) >= 11 is 3.72. The SMILES string of the molecule is C=CCCC(=O)OC[C@H](NC(=O)[C@@H]1[C@H]2O[C@@]3(CC2Br)[C@H](C(=O)N(CC=C)C2CCCCC2)N(CCO)C(=O)[C@@H]13)c1ccccc1. The highest BCUT2D eigenvalue weighted by atomic mass is 79.9. The Balaban J connectivity index is 1.43. The first kappa shape index (κ1) is 33.3. The molecule has 3 saturated heterocycles. The van der Waals surface area contributed by atoms with Gasteiger partial charge in [-0.15, -0.1) is 13.2 Å². The highest BCUT2D eigenvalue weighted by molar-refractivity contribution is 9.09. The number of likely N-dealkylation sites (tertiary alicyclic amines) is 1. The first-order valence-electron chi connectivity index (χ1n) is 16.0. The van der Waals surface area contributed by atoms with Gasteiger partial charge < -0.3 is 29.7 Å². The van der Waals surface area contributed by atoms with E-state index in [0.29, 0.717) is 19.4 Å². The van der Waals surface area contributed by atoms with Crippen LogP contribution >= 0.6 is 15.9 Å². The molecule has 0 radical (unpaired) electrons. The van der Waals surface area contributed by atoms with Crippen molar-refractivity contribution < 1.29 is 33.8 Å². The minimum Gasteiger partial charge on any atom is -0.463 e. The predicted octanol–water partition coefficient (Wildman–Crippen LogP) is 3.44. The van der Waals surface area contributed by atoms with Crippen LogP contribution < -0.4 is 5.32 Å². The van der Waals surface area contributed by atoms with Crippen molar-refractivity contribution in [1.82, 2.24) is 15.1 Å². The Morgan fingerprint density at radius 3 is 2.58 bits per heavy atom. The second kappa shape index (κ2) is 14.6. The lowest BCUT2D eigenvalue weighted by molar-refractivity contribution is -0.150. The van der Waals surface area contributed by atoms with Crippen molar-refractivity contribution in [3.05, 3.63) is 61.2 Å². The number of hydrogen-bond acceptors (Lipinski definition) is 7. The van der Waals surface area contributed by atoms with Crippen LogP contribution in [0, 0.1) is 11.8 Å². The molecule has 1 unspecified atom stereocenters. The molecular weight excluding hydrogens is 642 g/mol. The number of esters is 1. The summed E-state index contributed by atoms with van der Waals surface area (Å²) in [7, 11) is 0. The lowest BCUT2D eigenvalue weighted by Crippen LogP contribution is -2.59. The van der Waals surface area contributed by atoms with Gasteiger partial charge in [-0.1, -0.05) is 77.7 Å². The summed E-state index contributed by atoms with van der Waals surface area (Å²) in [6.07, 6.45) is 8.70. The van der Waals surface area contributed by atoms with Gasteiger partial charge in [-0.2, -0.15) is 0 Å². The van der Waals surface area contributed by atoms with Crippen molar-refractivity contribution >= 4 is 39.6 Å². The summed E-state index contributed by atoms with van der Waals surface area (Å²) in [6.45, 7) is 7.42. The number of ether oxygens (including phenoxy) is 2. The van der Waals surface area contributed by atoms with Gasteiger partial charge in [0.1, 0.15) is 18.2 Å². The number of alkyl halides is 1. The van der Waals surface area contributed by atoms with Crippen LogP contribution in [0.15, 0.2) is 55.6 Å². The number of hydrogen-bond donors (Lipinski definition) is 2. The molecule has 0 aromatic heterocycles. The van der Waals surface area contributed by atoms with Crippen LogP contribution in [0.1, 0.15) is 63.0 Å². The fourth-order valence-corrected chi connectivity index (χ4v) is 8.75. The molecule has 3 heterocycles. The number of nitrogens with one attached hydrogen (secondary N) is 1. The van der Waals surface area contributed by atoms with E-state index in [1.54, 1.807) is 12.2 Å². The van der Waals surface area contributed by atoms with E-state index < -0.39 is 47.5 Å². The minimum atomic E-state index is -1.22. The van der Waals surface area contributed by atoms with Crippen molar-refractivity contribution in [3.63, 3.8) is 0 Å². The number of halogens is 1. The maximum Gasteiger partial charge on any atom is 0.306 e. The maximum atomic E-state index is 14.5. The number of aliphatic hydroxyl groups excluding tert-OH is 1. The molecule has 11 heteroatoms. The summed E-state index contributed by atoms with van der Waals surface area (Å²) < 4.78 is 12.2. The van der Waals surface area contributed by atoms with E-state index >= 15 is 0 Å². The molecular formula is C34H44BrN3O7. The second-order valence-electron chi connectivity index (χ2n) is 12.5. The molecule has 7 atom stereocenters. The summed E-state index contributed by atoms with van der Waals surface area (Å²) in [4.78, 5) is 58.2. The van der Waals surface area contributed by atoms with E-state index in [2.05, 4.69) is 34.4 Å². The molecule has 1 saturated carbocycles. The smallest absolute Gasteiger partial charge is 0.306 e. The van der Waals surface area contributed by atoms with Gasteiger partial charge in [0.25, 0.3) is 0 Å². The standard InChI is InChI=1S/C34H44BrN3O7/c1-3-5-16-26(40)44-21-25(22-12-8-6-9-13-22)36-31(41)27-28-32(42)38(18-19-39)30(34(28)20-24(35)29(27)45-34)33(43)37(17-4-2)23-14-10-7-11-15-23/h3-4,6,8-9,12-13,23-25,27-30,39H,1-2,5,7,10-11,14-21H2,(H,36,41)/t24?,25-,27-,28+,29-,30-,34+/m0/s1. The number of amides is 3. The Kier molecular flexibility index (Phi) is 10.8. The van der Waals surface area contributed by atoms with Crippen molar-refractivity contribution in [3.8, 4) is 0 Å². The quantitative estimate of drug-likeness (QED) is 0.175. The summed E-state index contributed by atoms with van der Waals surface area (Å²) in [6, 6.07) is 7.61. The Hall–Kier alpha value is -3.02. The Morgan fingerprint density at radius 2 is 1.91 bits per heavy atom. The molecule has 1 aromatic carbocycles. The zero-order valence-electron chi connectivity index (χ0n) is 25.7.